The molecule has 0 bridgehead atoms. The van der Waals surface area contributed by atoms with Crippen LogP contribution in [0.25, 0.3) is 22.4 Å². The van der Waals surface area contributed by atoms with Crippen LogP contribution in [0.3, 0.4) is 0 Å². The number of halogens is 3. The lowest BCUT2D eigenvalue weighted by Gasteiger charge is -2.19. The number of aromatic nitrogens is 2. The summed E-state index contributed by atoms with van der Waals surface area (Å²) < 4.78 is 51.3. The normalized spacial score (nSPS) is 12.1. The van der Waals surface area contributed by atoms with Gasteiger partial charge in [-0.3, -0.25) is 0 Å². The predicted octanol–water partition coefficient (Wildman–Crippen LogP) is 4.63. The largest absolute Gasteiger partial charge is 0.478 e. The minimum atomic E-state index is -4.73. The summed E-state index contributed by atoms with van der Waals surface area (Å²) in [4.78, 5) is 30.4. The first-order valence-electron chi connectivity index (χ1n) is 9.00. The first kappa shape index (κ1) is 22.1. The second-order valence-corrected chi connectivity index (χ2v) is 7.61. The Kier molecular flexibility index (Phi) is 5.62. The average Bonchev–Trinajstić information content (AvgIpc) is 3.06. The summed E-state index contributed by atoms with van der Waals surface area (Å²) in [7, 11) is 0. The fourth-order valence-electron chi connectivity index (χ4n) is 2.69. The van der Waals surface area contributed by atoms with E-state index in [1.807, 2.05) is 0 Å². The Balaban J connectivity index is 1.96. The van der Waals surface area contributed by atoms with Gasteiger partial charge in [0.15, 0.2) is 5.82 Å². The van der Waals surface area contributed by atoms with Crippen molar-refractivity contribution in [1.82, 2.24) is 15.3 Å². The maximum atomic E-state index is 13.6. The molecular formula is C20H18F3N3O5. The first-order valence-corrected chi connectivity index (χ1v) is 9.00. The third-order valence-corrected chi connectivity index (χ3v) is 3.94. The molecule has 1 amide bonds. The number of hydrogen-bond acceptors (Lipinski definition) is 6. The Morgan fingerprint density at radius 1 is 1.13 bits per heavy atom. The highest BCUT2D eigenvalue weighted by Crippen LogP contribution is 2.38. The van der Waals surface area contributed by atoms with E-state index in [0.29, 0.717) is 0 Å². The Hall–Kier alpha value is -3.63. The molecule has 164 valence electrons. The first-order chi connectivity index (χ1) is 14.3. The van der Waals surface area contributed by atoms with E-state index in [-0.39, 0.29) is 34.6 Å². The Labute approximate surface area is 174 Å². The van der Waals surface area contributed by atoms with Crippen LogP contribution in [0.2, 0.25) is 0 Å². The summed E-state index contributed by atoms with van der Waals surface area (Å²) in [5, 5.41) is 11.5. The van der Waals surface area contributed by atoms with Crippen LogP contribution in [-0.4, -0.2) is 32.7 Å². The van der Waals surface area contributed by atoms with Crippen molar-refractivity contribution in [3.05, 3.63) is 47.5 Å². The number of carboxylic acids is 1. The molecule has 0 spiro atoms. The van der Waals surface area contributed by atoms with Gasteiger partial charge >= 0.3 is 18.2 Å². The van der Waals surface area contributed by atoms with Gasteiger partial charge < -0.3 is 19.6 Å². The van der Waals surface area contributed by atoms with Gasteiger partial charge in [0.2, 0.25) is 0 Å². The molecule has 2 heterocycles. The predicted molar refractivity (Wildman–Crippen MR) is 102 cm³/mol. The number of carbonyl (C=O) groups is 2. The fourth-order valence-corrected chi connectivity index (χ4v) is 2.69. The lowest BCUT2D eigenvalue weighted by Crippen LogP contribution is -2.32. The number of carboxylic acid groups (broad SMARTS) is 1. The maximum absolute atomic E-state index is 13.6. The zero-order valence-corrected chi connectivity index (χ0v) is 16.7. The van der Waals surface area contributed by atoms with Crippen molar-refractivity contribution in [2.45, 2.75) is 39.1 Å². The number of carbonyl (C=O) groups excluding carboxylic acids is 1. The third kappa shape index (κ3) is 5.30. The van der Waals surface area contributed by atoms with E-state index in [4.69, 9.17) is 14.3 Å². The number of ether oxygens (including phenoxy) is 1. The van der Waals surface area contributed by atoms with Crippen molar-refractivity contribution in [2.24, 2.45) is 0 Å². The van der Waals surface area contributed by atoms with E-state index in [2.05, 4.69) is 15.3 Å². The Morgan fingerprint density at radius 3 is 2.32 bits per heavy atom. The average molecular weight is 437 g/mol. The van der Waals surface area contributed by atoms with Crippen molar-refractivity contribution in [3.63, 3.8) is 0 Å². The van der Waals surface area contributed by atoms with Crippen LogP contribution < -0.4 is 5.32 Å². The number of alkyl halides is 3. The standard InChI is InChI=1S/C20H18F3N3O5/c1-19(2,3)31-18(29)26-9-13-5-10-4-11(6-14(15(10)30-13)20(21,22)23)16-24-7-12(8-25-16)17(27)28/h4-8H,9H2,1-3H3,(H,26,29)(H,27,28). The van der Waals surface area contributed by atoms with Gasteiger partial charge in [-0.2, -0.15) is 13.2 Å². The molecule has 2 N–H and O–H groups in total. The maximum Gasteiger partial charge on any atom is 0.420 e. The number of benzene rings is 1. The highest BCUT2D eigenvalue weighted by Gasteiger charge is 2.35. The summed E-state index contributed by atoms with van der Waals surface area (Å²) in [6, 6.07) is 3.57. The molecule has 11 heteroatoms. The molecule has 3 rings (SSSR count). The summed E-state index contributed by atoms with van der Waals surface area (Å²) in [6.07, 6.45) is -3.46. The van der Waals surface area contributed by atoms with Crippen molar-refractivity contribution in [3.8, 4) is 11.4 Å². The smallest absolute Gasteiger partial charge is 0.420 e. The van der Waals surface area contributed by atoms with Crippen LogP contribution in [0.15, 0.2) is 35.0 Å². The number of nitrogens with one attached hydrogen (secondary N) is 1. The molecule has 0 fully saturated rings. The van der Waals surface area contributed by atoms with E-state index in [1.165, 1.54) is 12.1 Å². The monoisotopic (exact) mass is 437 g/mol. The SMILES string of the molecule is CC(C)(C)OC(=O)NCc1cc2cc(-c3ncc(C(=O)O)cn3)cc(C(F)(F)F)c2o1. The molecule has 1 aromatic carbocycles. The van der Waals surface area contributed by atoms with E-state index in [1.54, 1.807) is 20.8 Å². The number of hydrogen-bond donors (Lipinski definition) is 2. The third-order valence-electron chi connectivity index (χ3n) is 3.94. The molecule has 0 saturated carbocycles. The molecule has 3 aromatic rings. The summed E-state index contributed by atoms with van der Waals surface area (Å²) >= 11 is 0. The Morgan fingerprint density at radius 2 is 1.77 bits per heavy atom. The van der Waals surface area contributed by atoms with Gasteiger partial charge in [0.25, 0.3) is 0 Å². The van der Waals surface area contributed by atoms with Gasteiger partial charge in [0.05, 0.1) is 17.7 Å². The highest BCUT2D eigenvalue weighted by molar-refractivity contribution is 5.88. The van der Waals surface area contributed by atoms with Crippen LogP contribution in [0.4, 0.5) is 18.0 Å². The van der Waals surface area contributed by atoms with Crippen LogP contribution in [-0.2, 0) is 17.5 Å². The van der Waals surface area contributed by atoms with E-state index in [9.17, 15) is 22.8 Å². The quantitative estimate of drug-likeness (QED) is 0.611. The topological polar surface area (TPSA) is 115 Å². The van der Waals surface area contributed by atoms with Crippen LogP contribution in [0.5, 0.6) is 0 Å². The number of furan rings is 1. The van der Waals surface area contributed by atoms with Gasteiger partial charge in [-0.1, -0.05) is 0 Å². The van der Waals surface area contributed by atoms with Gasteiger partial charge in [-0.15, -0.1) is 0 Å². The molecule has 8 nitrogen and oxygen atoms in total. The van der Waals surface area contributed by atoms with E-state index in [0.717, 1.165) is 18.5 Å². The number of rotatable bonds is 4. The second-order valence-electron chi connectivity index (χ2n) is 7.61. The van der Waals surface area contributed by atoms with Crippen molar-refractivity contribution in [1.29, 1.82) is 0 Å². The van der Waals surface area contributed by atoms with Crippen molar-refractivity contribution in [2.75, 3.05) is 0 Å². The molecule has 31 heavy (non-hydrogen) atoms. The van der Waals surface area contributed by atoms with E-state index >= 15 is 0 Å². The second kappa shape index (κ2) is 7.89. The van der Waals surface area contributed by atoms with Crippen molar-refractivity contribution >= 4 is 23.0 Å². The van der Waals surface area contributed by atoms with Gasteiger partial charge in [0.1, 0.15) is 16.9 Å². The number of amides is 1. The minimum Gasteiger partial charge on any atom is -0.478 e. The van der Waals surface area contributed by atoms with Gasteiger partial charge in [-0.05, 0) is 39.0 Å². The molecule has 0 aliphatic heterocycles. The van der Waals surface area contributed by atoms with Gasteiger partial charge in [-0.25, -0.2) is 19.6 Å². The molecule has 0 aliphatic carbocycles. The van der Waals surface area contributed by atoms with Gasteiger partial charge in [0, 0.05) is 23.3 Å². The number of nitrogens with zero attached hydrogens (tertiary/aromatic N) is 2. The lowest BCUT2D eigenvalue weighted by atomic mass is 10.1. The molecule has 0 unspecified atom stereocenters. The minimum absolute atomic E-state index is 0.0317. The summed E-state index contributed by atoms with van der Waals surface area (Å²) in [5.74, 6) is -1.24. The van der Waals surface area contributed by atoms with Crippen LogP contribution >= 0.6 is 0 Å². The van der Waals surface area contributed by atoms with Crippen molar-refractivity contribution < 1.29 is 37.0 Å². The lowest BCUT2D eigenvalue weighted by molar-refractivity contribution is -0.136. The molecule has 0 atom stereocenters. The molecule has 0 radical (unpaired) electrons. The number of alkyl carbamates (subject to hydrolysis) is 1. The van der Waals surface area contributed by atoms with Crippen LogP contribution in [0, 0.1) is 0 Å². The summed E-state index contributed by atoms with van der Waals surface area (Å²) in [5.41, 5.74) is -2.34. The number of aromatic carboxylic acids is 1. The zero-order chi connectivity index (χ0) is 23.0. The summed E-state index contributed by atoms with van der Waals surface area (Å²) in [6.45, 7) is 4.85. The number of fused-ring (bicyclic) bond motifs is 1. The molecule has 0 saturated heterocycles. The molecule has 2 aromatic heterocycles. The fraction of sp³-hybridized carbons (Fsp3) is 0.300. The van der Waals surface area contributed by atoms with E-state index < -0.39 is 35.0 Å². The molecular weight excluding hydrogens is 419 g/mol. The Bertz CT molecular complexity index is 1130. The van der Waals surface area contributed by atoms with Crippen LogP contribution in [0.1, 0.15) is 42.5 Å². The zero-order valence-electron chi connectivity index (χ0n) is 16.7. The highest BCUT2D eigenvalue weighted by atomic mass is 19.4. The molecule has 0 aliphatic rings.